The van der Waals surface area contributed by atoms with Crippen molar-refractivity contribution >= 4 is 27.4 Å². The van der Waals surface area contributed by atoms with E-state index in [2.05, 4.69) is 15.9 Å². The Morgan fingerprint density at radius 3 is 2.62 bits per heavy atom. The highest BCUT2D eigenvalue weighted by Crippen LogP contribution is 2.32. The molecule has 0 bridgehead atoms. The predicted molar refractivity (Wildman–Crippen MR) is 79.2 cm³/mol. The summed E-state index contributed by atoms with van der Waals surface area (Å²) in [6, 6.07) is 6.36. The van der Waals surface area contributed by atoms with Gasteiger partial charge < -0.3 is 10.5 Å². The van der Waals surface area contributed by atoms with E-state index < -0.39 is 11.6 Å². The molecule has 110 valence electrons. The quantitative estimate of drug-likeness (QED) is 0.663. The molecule has 0 aliphatic carbocycles. The van der Waals surface area contributed by atoms with Crippen LogP contribution in [0.3, 0.4) is 0 Å². The zero-order valence-electron chi connectivity index (χ0n) is 11.1. The Morgan fingerprint density at radius 2 is 2.00 bits per heavy atom. The van der Waals surface area contributed by atoms with Crippen molar-refractivity contribution in [1.82, 2.24) is 0 Å². The molecule has 2 N–H and O–H groups in total. The van der Waals surface area contributed by atoms with Crippen LogP contribution in [0.4, 0.5) is 14.5 Å². The van der Waals surface area contributed by atoms with Crippen molar-refractivity contribution in [1.29, 1.82) is 0 Å². The molecule has 0 aliphatic heterocycles. The maximum absolute atomic E-state index is 13.6. The first-order valence-electron chi connectivity index (χ1n) is 6.05. The van der Waals surface area contributed by atoms with Crippen LogP contribution in [-0.2, 0) is 6.61 Å². The number of ketones is 1. The normalized spacial score (nSPS) is 10.5. The molecular formula is C15H12BrF2NO2. The number of nitrogen functional groups attached to an aromatic ring is 1. The van der Waals surface area contributed by atoms with Gasteiger partial charge in [-0.2, -0.15) is 0 Å². The number of Topliss-reactive ketones (excluding diaryl/α,β-unsaturated/α-hetero) is 1. The van der Waals surface area contributed by atoms with E-state index in [1.165, 1.54) is 13.0 Å². The lowest BCUT2D eigenvalue weighted by Crippen LogP contribution is -2.06. The molecule has 0 amide bonds. The molecule has 21 heavy (non-hydrogen) atoms. The molecule has 0 saturated heterocycles. The highest BCUT2D eigenvalue weighted by Gasteiger charge is 2.14. The first-order valence-corrected chi connectivity index (χ1v) is 6.84. The minimum atomic E-state index is -0.713. The van der Waals surface area contributed by atoms with Crippen LogP contribution in [0.5, 0.6) is 5.75 Å². The van der Waals surface area contributed by atoms with Crippen molar-refractivity contribution in [2.24, 2.45) is 0 Å². The number of anilines is 1. The summed E-state index contributed by atoms with van der Waals surface area (Å²) in [5.41, 5.74) is 6.56. The van der Waals surface area contributed by atoms with Gasteiger partial charge in [0, 0.05) is 16.1 Å². The Labute approximate surface area is 128 Å². The minimum absolute atomic E-state index is 0.155. The van der Waals surface area contributed by atoms with Gasteiger partial charge in [0.25, 0.3) is 0 Å². The summed E-state index contributed by atoms with van der Waals surface area (Å²) in [5.74, 6) is -1.41. The van der Waals surface area contributed by atoms with Gasteiger partial charge in [-0.05, 0) is 31.2 Å². The monoisotopic (exact) mass is 355 g/mol. The smallest absolute Gasteiger partial charge is 0.163 e. The Kier molecular flexibility index (Phi) is 4.57. The molecule has 2 rings (SSSR count). The number of benzene rings is 2. The molecule has 0 saturated carbocycles. The first kappa shape index (κ1) is 15.4. The summed E-state index contributed by atoms with van der Waals surface area (Å²) >= 11 is 3.24. The van der Waals surface area contributed by atoms with Gasteiger partial charge in [0.05, 0.1) is 11.3 Å². The second-order valence-electron chi connectivity index (χ2n) is 4.45. The van der Waals surface area contributed by atoms with Gasteiger partial charge in [0.2, 0.25) is 0 Å². The van der Waals surface area contributed by atoms with E-state index in [0.717, 1.165) is 12.1 Å². The molecule has 0 fully saturated rings. The van der Waals surface area contributed by atoms with Crippen molar-refractivity contribution in [2.45, 2.75) is 13.5 Å². The van der Waals surface area contributed by atoms with E-state index in [-0.39, 0.29) is 29.4 Å². The van der Waals surface area contributed by atoms with Crippen molar-refractivity contribution < 1.29 is 18.3 Å². The van der Waals surface area contributed by atoms with Crippen LogP contribution in [0.2, 0.25) is 0 Å². The molecule has 0 aliphatic rings. The molecule has 0 unspecified atom stereocenters. The highest BCUT2D eigenvalue weighted by molar-refractivity contribution is 9.10. The number of ether oxygens (including phenoxy) is 1. The van der Waals surface area contributed by atoms with Gasteiger partial charge in [-0.1, -0.05) is 15.9 Å². The zero-order valence-corrected chi connectivity index (χ0v) is 12.7. The molecule has 0 spiro atoms. The highest BCUT2D eigenvalue weighted by atomic mass is 79.9. The van der Waals surface area contributed by atoms with Crippen LogP contribution < -0.4 is 10.5 Å². The van der Waals surface area contributed by atoms with Gasteiger partial charge in [-0.3, -0.25) is 4.79 Å². The first-order chi connectivity index (χ1) is 9.88. The lowest BCUT2D eigenvalue weighted by molar-refractivity contribution is 0.101. The number of hydrogen-bond acceptors (Lipinski definition) is 3. The van der Waals surface area contributed by atoms with Crippen LogP contribution in [0.25, 0.3) is 0 Å². The maximum atomic E-state index is 13.6. The summed E-state index contributed by atoms with van der Waals surface area (Å²) in [7, 11) is 0. The average Bonchev–Trinajstić information content (AvgIpc) is 2.38. The molecule has 0 aromatic heterocycles. The van der Waals surface area contributed by atoms with E-state index in [1.807, 2.05) is 0 Å². The fourth-order valence-electron chi connectivity index (χ4n) is 1.83. The Balaban J connectivity index is 2.29. The van der Waals surface area contributed by atoms with Gasteiger partial charge >= 0.3 is 0 Å². The van der Waals surface area contributed by atoms with Gasteiger partial charge in [-0.15, -0.1) is 0 Å². The Bertz CT molecular complexity index is 704. The standard InChI is InChI=1S/C15H12BrF2NO2/c1-8(20)12-4-10(16)5-14(19)15(12)21-7-9-2-3-11(17)6-13(9)18/h2-6H,7,19H2,1H3. The number of nitrogens with two attached hydrogens (primary N) is 1. The topological polar surface area (TPSA) is 52.3 Å². The minimum Gasteiger partial charge on any atom is -0.486 e. The number of carbonyl (C=O) groups excluding carboxylic acids is 1. The van der Waals surface area contributed by atoms with Gasteiger partial charge in [0.15, 0.2) is 11.5 Å². The largest absolute Gasteiger partial charge is 0.486 e. The zero-order chi connectivity index (χ0) is 15.6. The van der Waals surface area contributed by atoms with Crippen LogP contribution in [-0.4, -0.2) is 5.78 Å². The fraction of sp³-hybridized carbons (Fsp3) is 0.133. The molecule has 0 radical (unpaired) electrons. The predicted octanol–water partition coefficient (Wildman–Crippen LogP) is 4.09. The molecule has 2 aromatic rings. The number of rotatable bonds is 4. The third kappa shape index (κ3) is 3.58. The number of carbonyl (C=O) groups is 1. The van der Waals surface area contributed by atoms with E-state index in [4.69, 9.17) is 10.5 Å². The van der Waals surface area contributed by atoms with E-state index in [1.54, 1.807) is 12.1 Å². The SMILES string of the molecule is CC(=O)c1cc(Br)cc(N)c1OCc1ccc(F)cc1F. The van der Waals surface area contributed by atoms with Crippen molar-refractivity contribution in [3.63, 3.8) is 0 Å². The summed E-state index contributed by atoms with van der Waals surface area (Å²) < 4.78 is 32.5. The van der Waals surface area contributed by atoms with Gasteiger partial charge in [-0.25, -0.2) is 8.78 Å². The molecule has 2 aromatic carbocycles. The third-order valence-corrected chi connectivity index (χ3v) is 3.31. The van der Waals surface area contributed by atoms with Crippen molar-refractivity contribution in [3.05, 3.63) is 57.6 Å². The van der Waals surface area contributed by atoms with E-state index in [0.29, 0.717) is 10.0 Å². The lowest BCUT2D eigenvalue weighted by Gasteiger charge is -2.13. The molecule has 3 nitrogen and oxygen atoms in total. The van der Waals surface area contributed by atoms with Crippen LogP contribution in [0.1, 0.15) is 22.8 Å². The Hall–Kier alpha value is -1.95. The van der Waals surface area contributed by atoms with Crippen molar-refractivity contribution in [2.75, 3.05) is 5.73 Å². The van der Waals surface area contributed by atoms with Crippen LogP contribution in [0.15, 0.2) is 34.8 Å². The summed E-state index contributed by atoms with van der Waals surface area (Å²) in [4.78, 5) is 11.6. The number of hydrogen-bond donors (Lipinski definition) is 1. The lowest BCUT2D eigenvalue weighted by atomic mass is 10.1. The van der Waals surface area contributed by atoms with Crippen LogP contribution in [0, 0.1) is 11.6 Å². The maximum Gasteiger partial charge on any atom is 0.163 e. The number of halogens is 3. The second kappa shape index (κ2) is 6.22. The summed E-state index contributed by atoms with van der Waals surface area (Å²) in [6.45, 7) is 1.23. The van der Waals surface area contributed by atoms with Crippen LogP contribution >= 0.6 is 15.9 Å². The van der Waals surface area contributed by atoms with Crippen molar-refractivity contribution in [3.8, 4) is 5.75 Å². The Morgan fingerprint density at radius 1 is 1.29 bits per heavy atom. The summed E-state index contributed by atoms with van der Waals surface area (Å²) in [5, 5.41) is 0. The third-order valence-electron chi connectivity index (χ3n) is 2.85. The fourth-order valence-corrected chi connectivity index (χ4v) is 2.30. The molecule has 6 heteroatoms. The van der Waals surface area contributed by atoms with E-state index >= 15 is 0 Å². The van der Waals surface area contributed by atoms with Gasteiger partial charge in [0.1, 0.15) is 18.2 Å². The second-order valence-corrected chi connectivity index (χ2v) is 5.37. The van der Waals surface area contributed by atoms with E-state index in [9.17, 15) is 13.6 Å². The summed E-state index contributed by atoms with van der Waals surface area (Å²) in [6.07, 6.45) is 0. The molecule has 0 heterocycles. The molecular weight excluding hydrogens is 344 g/mol. The average molecular weight is 356 g/mol. The molecule has 0 atom stereocenters.